The summed E-state index contributed by atoms with van der Waals surface area (Å²) in [5, 5.41) is 0. The molecule has 0 aromatic rings. The number of hydrogen-bond acceptors (Lipinski definition) is 0. The summed E-state index contributed by atoms with van der Waals surface area (Å²) >= 11 is 0. The minimum absolute atomic E-state index is 0.468. The van der Waals surface area contributed by atoms with Crippen molar-refractivity contribution in [2.45, 2.75) is 13.8 Å². The van der Waals surface area contributed by atoms with Gasteiger partial charge in [0.2, 0.25) is 0 Å². The molecule has 0 aliphatic heterocycles. The summed E-state index contributed by atoms with van der Waals surface area (Å²) in [5.41, 5.74) is 2.22. The van der Waals surface area contributed by atoms with E-state index >= 15 is 0 Å². The van der Waals surface area contributed by atoms with E-state index in [4.69, 9.17) is 0 Å². The normalized spacial score (nSPS) is 51.0. The standard InChI is InChI=1S/C16H14.C2H6/c1-2-6-11-10(5-1)12-9-14-15(11)16(14)8-4-3-7-13(12)16;1-2/h1-13,15H;1-2H3. The van der Waals surface area contributed by atoms with Crippen LogP contribution in [-0.2, 0) is 0 Å². The molecule has 5 rings (SSSR count). The number of rotatable bonds is 0. The van der Waals surface area contributed by atoms with Gasteiger partial charge >= 0.3 is 0 Å². The number of hydrogen-bond donors (Lipinski definition) is 0. The van der Waals surface area contributed by atoms with Crippen molar-refractivity contribution in [3.63, 3.8) is 0 Å². The quantitative estimate of drug-likeness (QED) is 0.550. The monoisotopic (exact) mass is 236 g/mol. The molecule has 1 spiro atoms. The molecular weight excluding hydrogens is 216 g/mol. The first-order chi connectivity index (χ1) is 8.93. The summed E-state index contributed by atoms with van der Waals surface area (Å²) in [7, 11) is 0. The summed E-state index contributed by atoms with van der Waals surface area (Å²) in [6, 6.07) is 0. The second-order valence-corrected chi connectivity index (χ2v) is 5.80. The van der Waals surface area contributed by atoms with Crippen LogP contribution < -0.4 is 0 Å². The van der Waals surface area contributed by atoms with E-state index in [1.165, 1.54) is 0 Å². The Morgan fingerprint density at radius 3 is 2.39 bits per heavy atom. The third-order valence-electron chi connectivity index (χ3n) is 5.46. The van der Waals surface area contributed by atoms with Gasteiger partial charge in [0.15, 0.2) is 0 Å². The van der Waals surface area contributed by atoms with Gasteiger partial charge in [-0.3, -0.25) is 0 Å². The average molecular weight is 236 g/mol. The number of allylic oxidation sites excluding steroid dienone is 10. The van der Waals surface area contributed by atoms with Crippen LogP contribution in [0.3, 0.4) is 0 Å². The Hall–Kier alpha value is -1.30. The molecule has 0 amide bonds. The molecule has 2 saturated carbocycles. The van der Waals surface area contributed by atoms with Crippen LogP contribution in [0.15, 0.2) is 60.3 Å². The van der Waals surface area contributed by atoms with Crippen LogP contribution in [0.4, 0.5) is 0 Å². The van der Waals surface area contributed by atoms with Crippen LogP contribution >= 0.6 is 0 Å². The maximum Gasteiger partial charge on any atom is 0.0238 e. The lowest BCUT2D eigenvalue weighted by atomic mass is 9.60. The van der Waals surface area contributed by atoms with Crippen LogP contribution in [0.1, 0.15) is 13.8 Å². The molecule has 0 radical (unpaired) electrons. The van der Waals surface area contributed by atoms with E-state index in [0.29, 0.717) is 5.41 Å². The fourth-order valence-corrected chi connectivity index (χ4v) is 4.92. The van der Waals surface area contributed by atoms with Crippen molar-refractivity contribution in [2.75, 3.05) is 0 Å². The van der Waals surface area contributed by atoms with Gasteiger partial charge in [0.05, 0.1) is 0 Å². The molecule has 5 aliphatic carbocycles. The predicted molar refractivity (Wildman–Crippen MR) is 75.9 cm³/mol. The first-order valence-corrected chi connectivity index (χ1v) is 7.36. The van der Waals surface area contributed by atoms with E-state index in [0.717, 1.165) is 29.6 Å². The largest absolute Gasteiger partial charge is 0.0802 e. The van der Waals surface area contributed by atoms with Crippen molar-refractivity contribution >= 4 is 0 Å². The molecule has 0 nitrogen and oxygen atoms in total. The molecule has 6 atom stereocenters. The fraction of sp³-hybridized carbons (Fsp3) is 0.444. The lowest BCUT2D eigenvalue weighted by Gasteiger charge is -2.43. The molecule has 0 heteroatoms. The van der Waals surface area contributed by atoms with Gasteiger partial charge in [0.1, 0.15) is 0 Å². The second-order valence-electron chi connectivity index (χ2n) is 5.80. The Balaban J connectivity index is 0.000000423. The molecule has 0 saturated heterocycles. The first kappa shape index (κ1) is 10.6. The Labute approximate surface area is 109 Å². The summed E-state index contributed by atoms with van der Waals surface area (Å²) in [4.78, 5) is 0. The lowest BCUT2D eigenvalue weighted by Crippen LogP contribution is -2.38. The van der Waals surface area contributed by atoms with Crippen molar-refractivity contribution < 1.29 is 0 Å². The van der Waals surface area contributed by atoms with Crippen molar-refractivity contribution in [3.05, 3.63) is 60.3 Å². The smallest absolute Gasteiger partial charge is 0.0238 e. The maximum absolute atomic E-state index is 2.60. The van der Waals surface area contributed by atoms with E-state index < -0.39 is 0 Å². The zero-order valence-electron chi connectivity index (χ0n) is 11.1. The van der Waals surface area contributed by atoms with Gasteiger partial charge in [-0.15, -0.1) is 0 Å². The Morgan fingerprint density at radius 1 is 0.833 bits per heavy atom. The highest BCUT2D eigenvalue weighted by atomic mass is 14.8. The maximum atomic E-state index is 2.60. The van der Waals surface area contributed by atoms with Crippen LogP contribution in [0.2, 0.25) is 0 Å². The third-order valence-corrected chi connectivity index (χ3v) is 5.46. The molecule has 6 unspecified atom stereocenters. The molecule has 5 aliphatic rings. The summed E-state index contributed by atoms with van der Waals surface area (Å²) < 4.78 is 0. The molecule has 2 fully saturated rings. The van der Waals surface area contributed by atoms with Gasteiger partial charge in [0.25, 0.3) is 0 Å². The Kier molecular flexibility index (Phi) is 1.99. The fourth-order valence-electron chi connectivity index (χ4n) is 4.92. The van der Waals surface area contributed by atoms with E-state index in [-0.39, 0.29) is 0 Å². The number of fused-ring (bicyclic) bond motifs is 4. The molecular formula is C18H20. The van der Waals surface area contributed by atoms with Gasteiger partial charge in [0, 0.05) is 11.3 Å². The molecule has 18 heavy (non-hydrogen) atoms. The zero-order chi connectivity index (χ0) is 12.3. The third kappa shape index (κ3) is 0.957. The van der Waals surface area contributed by atoms with Crippen LogP contribution in [0, 0.1) is 35.0 Å². The first-order valence-electron chi connectivity index (χ1n) is 7.36. The van der Waals surface area contributed by atoms with E-state index in [1.807, 2.05) is 13.8 Å². The molecule has 0 heterocycles. The zero-order valence-corrected chi connectivity index (χ0v) is 11.1. The summed E-state index contributed by atoms with van der Waals surface area (Å²) in [5.74, 6) is 3.94. The highest BCUT2D eigenvalue weighted by Crippen LogP contribution is 2.79. The van der Waals surface area contributed by atoms with E-state index in [9.17, 15) is 0 Å². The van der Waals surface area contributed by atoms with Crippen molar-refractivity contribution in [3.8, 4) is 0 Å². The van der Waals surface area contributed by atoms with E-state index in [1.54, 1.807) is 5.57 Å². The average Bonchev–Trinajstić information content (AvgIpc) is 2.99. The molecule has 2 bridgehead atoms. The van der Waals surface area contributed by atoms with Gasteiger partial charge in [-0.25, -0.2) is 0 Å². The van der Waals surface area contributed by atoms with Crippen LogP contribution in [0.5, 0.6) is 0 Å². The molecule has 0 aromatic carbocycles. The van der Waals surface area contributed by atoms with Crippen LogP contribution in [-0.4, -0.2) is 0 Å². The van der Waals surface area contributed by atoms with Crippen molar-refractivity contribution in [1.29, 1.82) is 0 Å². The molecule has 92 valence electrons. The van der Waals surface area contributed by atoms with Crippen molar-refractivity contribution in [2.24, 2.45) is 35.0 Å². The second kappa shape index (κ2) is 3.38. The van der Waals surface area contributed by atoms with Gasteiger partial charge in [-0.2, -0.15) is 0 Å². The Morgan fingerprint density at radius 2 is 1.56 bits per heavy atom. The van der Waals surface area contributed by atoms with Crippen molar-refractivity contribution in [1.82, 2.24) is 0 Å². The van der Waals surface area contributed by atoms with Crippen LogP contribution in [0.25, 0.3) is 0 Å². The minimum Gasteiger partial charge on any atom is -0.0802 e. The van der Waals surface area contributed by atoms with Gasteiger partial charge in [-0.05, 0) is 23.7 Å². The summed E-state index contributed by atoms with van der Waals surface area (Å²) in [6.07, 6.45) is 21.4. The predicted octanol–water partition coefficient (Wildman–Crippen LogP) is 4.30. The SMILES string of the molecule is C1=CC2C3C=C4C(C2C=C1)C41C=CC=CC31.CC. The summed E-state index contributed by atoms with van der Waals surface area (Å²) in [6.45, 7) is 4.00. The van der Waals surface area contributed by atoms with Gasteiger partial charge in [-0.1, -0.05) is 74.1 Å². The lowest BCUT2D eigenvalue weighted by molar-refractivity contribution is 0.164. The highest BCUT2D eigenvalue weighted by Gasteiger charge is 2.73. The molecule has 0 aromatic heterocycles. The topological polar surface area (TPSA) is 0 Å². The minimum atomic E-state index is 0.468. The highest BCUT2D eigenvalue weighted by molar-refractivity contribution is 5.59. The van der Waals surface area contributed by atoms with E-state index in [2.05, 4.69) is 54.7 Å². The molecule has 0 N–H and O–H groups in total. The Bertz CT molecular complexity index is 512. The van der Waals surface area contributed by atoms with Gasteiger partial charge < -0.3 is 0 Å².